The monoisotopic (exact) mass is 509 g/mol. The maximum Gasteiger partial charge on any atom is 0.337 e. The number of anilines is 1. The van der Waals surface area contributed by atoms with Crippen LogP contribution >= 0.6 is 45.2 Å². The highest BCUT2D eigenvalue weighted by molar-refractivity contribution is 14.1. The number of halogens is 2. The van der Waals surface area contributed by atoms with Gasteiger partial charge < -0.3 is 15.5 Å². The Balaban J connectivity index is 2.33. The van der Waals surface area contributed by atoms with Crippen LogP contribution in [0.25, 0.3) is 0 Å². The second kappa shape index (κ2) is 6.60. The van der Waals surface area contributed by atoms with Crippen molar-refractivity contribution in [2.24, 2.45) is 0 Å². The maximum absolute atomic E-state index is 12.2. The molecule has 21 heavy (non-hydrogen) atoms. The van der Waals surface area contributed by atoms with Gasteiger partial charge in [-0.2, -0.15) is 0 Å². The first-order chi connectivity index (χ1) is 9.90. The maximum atomic E-state index is 12.2. The molecule has 0 saturated carbocycles. The molecule has 7 heteroatoms. The molecule has 0 aliphatic heterocycles. The van der Waals surface area contributed by atoms with Crippen LogP contribution in [-0.2, 0) is 0 Å². The van der Waals surface area contributed by atoms with Crippen molar-refractivity contribution in [3.63, 3.8) is 0 Å². The van der Waals surface area contributed by atoms with Gasteiger partial charge in [0, 0.05) is 5.56 Å². The average molecular weight is 509 g/mol. The third kappa shape index (κ3) is 3.64. The van der Waals surface area contributed by atoms with Gasteiger partial charge in [-0.3, -0.25) is 4.79 Å². The van der Waals surface area contributed by atoms with Crippen LogP contribution in [-0.4, -0.2) is 22.1 Å². The molecular weight excluding hydrogens is 500 g/mol. The van der Waals surface area contributed by atoms with Gasteiger partial charge in [-0.1, -0.05) is 12.1 Å². The number of rotatable bonds is 3. The fourth-order valence-electron chi connectivity index (χ4n) is 1.67. The number of para-hydroxylation sites is 1. The van der Waals surface area contributed by atoms with Crippen LogP contribution in [0, 0.1) is 7.14 Å². The topological polar surface area (TPSA) is 86.6 Å². The van der Waals surface area contributed by atoms with E-state index in [-0.39, 0.29) is 17.0 Å². The number of phenolic OH excluding ortho intramolecular Hbond substituents is 1. The van der Waals surface area contributed by atoms with Crippen molar-refractivity contribution in [1.29, 1.82) is 0 Å². The third-order valence-corrected chi connectivity index (χ3v) is 4.33. The number of carbonyl (C=O) groups is 2. The summed E-state index contributed by atoms with van der Waals surface area (Å²) in [5.74, 6) is -1.42. The summed E-state index contributed by atoms with van der Waals surface area (Å²) in [6.07, 6.45) is 0. The second-order valence-electron chi connectivity index (χ2n) is 4.09. The van der Waals surface area contributed by atoms with Gasteiger partial charge in [0.2, 0.25) is 0 Å². The molecule has 0 fully saturated rings. The largest absolute Gasteiger partial charge is 0.506 e. The Hall–Kier alpha value is -1.36. The van der Waals surface area contributed by atoms with Crippen molar-refractivity contribution in [2.45, 2.75) is 0 Å². The first-order valence-electron chi connectivity index (χ1n) is 5.72. The van der Waals surface area contributed by atoms with E-state index < -0.39 is 11.9 Å². The second-order valence-corrected chi connectivity index (χ2v) is 6.42. The molecule has 1 amide bonds. The lowest BCUT2D eigenvalue weighted by molar-refractivity contribution is 0.0698. The Morgan fingerprint density at radius 3 is 2.19 bits per heavy atom. The lowest BCUT2D eigenvalue weighted by Gasteiger charge is -2.09. The van der Waals surface area contributed by atoms with Gasteiger partial charge in [-0.25, -0.2) is 4.79 Å². The van der Waals surface area contributed by atoms with Gasteiger partial charge in [0.05, 0.1) is 18.4 Å². The van der Waals surface area contributed by atoms with Crippen molar-refractivity contribution < 1.29 is 19.8 Å². The predicted molar refractivity (Wildman–Crippen MR) is 94.9 cm³/mol. The normalized spacial score (nSPS) is 10.2. The Kier molecular flexibility index (Phi) is 5.04. The molecule has 0 heterocycles. The van der Waals surface area contributed by atoms with Crippen molar-refractivity contribution >= 4 is 62.7 Å². The number of carboxylic acids is 1. The SMILES string of the molecule is O=C(Nc1ccccc1C(=O)O)c1cc(I)c(O)c(I)c1. The molecule has 0 spiro atoms. The molecule has 2 aromatic rings. The Morgan fingerprint density at radius 1 is 1.05 bits per heavy atom. The number of carbonyl (C=O) groups excluding carboxylic acids is 1. The zero-order chi connectivity index (χ0) is 15.6. The lowest BCUT2D eigenvalue weighted by Crippen LogP contribution is -2.15. The standard InChI is InChI=1S/C14H9I2NO4/c15-9-5-7(6-10(16)12(9)18)13(19)17-11-4-2-1-3-8(11)14(20)21/h1-6,18H,(H,17,19)(H,20,21). The zero-order valence-corrected chi connectivity index (χ0v) is 14.7. The molecule has 0 unspecified atom stereocenters. The molecule has 108 valence electrons. The van der Waals surface area contributed by atoms with Crippen molar-refractivity contribution in [1.82, 2.24) is 0 Å². The summed E-state index contributed by atoms with van der Waals surface area (Å²) in [5.41, 5.74) is 0.601. The molecule has 0 atom stereocenters. The fourth-order valence-corrected chi connectivity index (χ4v) is 3.44. The Bertz CT molecular complexity index is 708. The van der Waals surface area contributed by atoms with Crippen LogP contribution in [0.2, 0.25) is 0 Å². The number of nitrogens with one attached hydrogen (secondary N) is 1. The molecule has 0 aliphatic rings. The minimum atomic E-state index is -1.11. The van der Waals surface area contributed by atoms with E-state index in [2.05, 4.69) is 5.32 Å². The van der Waals surface area contributed by atoms with Crippen LogP contribution in [0.1, 0.15) is 20.7 Å². The van der Waals surface area contributed by atoms with E-state index in [1.165, 1.54) is 24.3 Å². The molecular formula is C14H9I2NO4. The van der Waals surface area contributed by atoms with E-state index in [0.717, 1.165) is 0 Å². The summed E-state index contributed by atoms with van der Waals surface area (Å²) in [7, 11) is 0. The zero-order valence-electron chi connectivity index (χ0n) is 10.4. The van der Waals surface area contributed by atoms with E-state index in [9.17, 15) is 14.7 Å². The van der Waals surface area contributed by atoms with E-state index in [1.54, 1.807) is 12.1 Å². The van der Waals surface area contributed by atoms with E-state index in [1.807, 2.05) is 45.2 Å². The summed E-state index contributed by atoms with van der Waals surface area (Å²) < 4.78 is 1.10. The summed E-state index contributed by atoms with van der Waals surface area (Å²) in [4.78, 5) is 23.3. The summed E-state index contributed by atoms with van der Waals surface area (Å²) in [6, 6.07) is 9.26. The van der Waals surface area contributed by atoms with Crippen LogP contribution in [0.4, 0.5) is 5.69 Å². The molecule has 0 bridgehead atoms. The number of aromatic hydroxyl groups is 1. The quantitative estimate of drug-likeness (QED) is 0.553. The number of aromatic carboxylic acids is 1. The number of amides is 1. The molecule has 3 N–H and O–H groups in total. The van der Waals surface area contributed by atoms with Crippen molar-refractivity contribution in [2.75, 3.05) is 5.32 Å². The number of hydrogen-bond donors (Lipinski definition) is 3. The molecule has 2 rings (SSSR count). The van der Waals surface area contributed by atoms with E-state index >= 15 is 0 Å². The molecule has 0 radical (unpaired) electrons. The van der Waals surface area contributed by atoms with E-state index in [0.29, 0.717) is 12.7 Å². The van der Waals surface area contributed by atoms with Crippen LogP contribution in [0.5, 0.6) is 5.75 Å². The summed E-state index contributed by atoms with van der Waals surface area (Å²) in [6.45, 7) is 0. The van der Waals surface area contributed by atoms with E-state index in [4.69, 9.17) is 5.11 Å². The first-order valence-corrected chi connectivity index (χ1v) is 7.87. The fraction of sp³-hybridized carbons (Fsp3) is 0. The predicted octanol–water partition coefficient (Wildman–Crippen LogP) is 3.55. The number of phenols is 1. The van der Waals surface area contributed by atoms with Gasteiger partial charge in [-0.05, 0) is 69.4 Å². The molecule has 0 aromatic heterocycles. The highest BCUT2D eigenvalue weighted by atomic mass is 127. The molecule has 0 aliphatic carbocycles. The van der Waals surface area contributed by atoms with Crippen molar-refractivity contribution in [3.05, 3.63) is 54.7 Å². The third-order valence-electron chi connectivity index (χ3n) is 2.68. The van der Waals surface area contributed by atoms with Crippen LogP contribution < -0.4 is 5.32 Å². The minimum Gasteiger partial charge on any atom is -0.506 e. The number of carboxylic acid groups (broad SMARTS) is 1. The van der Waals surface area contributed by atoms with Gasteiger partial charge in [0.15, 0.2) is 0 Å². The minimum absolute atomic E-state index is 0.0222. The van der Waals surface area contributed by atoms with Crippen LogP contribution in [0.3, 0.4) is 0 Å². The lowest BCUT2D eigenvalue weighted by atomic mass is 10.1. The van der Waals surface area contributed by atoms with Gasteiger partial charge in [-0.15, -0.1) is 0 Å². The average Bonchev–Trinajstić information content (AvgIpc) is 2.44. The summed E-state index contributed by atoms with van der Waals surface area (Å²) >= 11 is 3.86. The molecule has 2 aromatic carbocycles. The van der Waals surface area contributed by atoms with Crippen molar-refractivity contribution in [3.8, 4) is 5.75 Å². The smallest absolute Gasteiger partial charge is 0.337 e. The van der Waals surface area contributed by atoms with Gasteiger partial charge in [0.25, 0.3) is 5.91 Å². The highest BCUT2D eigenvalue weighted by Crippen LogP contribution is 2.28. The Morgan fingerprint density at radius 2 is 1.62 bits per heavy atom. The molecule has 0 saturated heterocycles. The molecule has 5 nitrogen and oxygen atoms in total. The summed E-state index contributed by atoms with van der Waals surface area (Å²) in [5, 5.41) is 21.4. The highest BCUT2D eigenvalue weighted by Gasteiger charge is 2.15. The number of benzene rings is 2. The van der Waals surface area contributed by atoms with Gasteiger partial charge >= 0.3 is 5.97 Å². The number of hydrogen-bond acceptors (Lipinski definition) is 3. The first kappa shape index (κ1) is 16.0. The van der Waals surface area contributed by atoms with Gasteiger partial charge in [0.1, 0.15) is 5.75 Å². The van der Waals surface area contributed by atoms with Crippen LogP contribution in [0.15, 0.2) is 36.4 Å². The Labute approximate surface area is 147 Å².